The summed E-state index contributed by atoms with van der Waals surface area (Å²) in [5.74, 6) is -2.10. The number of amides is 1. The predicted octanol–water partition coefficient (Wildman–Crippen LogP) is 3.61. The molecule has 0 saturated heterocycles. The molecule has 6 N–H and O–H groups in total. The highest BCUT2D eigenvalue weighted by molar-refractivity contribution is 7.85. The predicted molar refractivity (Wildman–Crippen MR) is 127 cm³/mol. The van der Waals surface area contributed by atoms with Crippen molar-refractivity contribution < 1.29 is 22.2 Å². The monoisotopic (exact) mass is 540 g/mol. The zero-order chi connectivity index (χ0) is 25.8. The van der Waals surface area contributed by atoms with Crippen LogP contribution in [-0.4, -0.2) is 43.4 Å². The van der Waals surface area contributed by atoms with Gasteiger partial charge in [0.15, 0.2) is 0 Å². The summed E-state index contributed by atoms with van der Waals surface area (Å²) in [6.07, 6.45) is -1.01. The molecule has 0 aliphatic rings. The van der Waals surface area contributed by atoms with Gasteiger partial charge in [-0.3, -0.25) is 14.4 Å². The van der Waals surface area contributed by atoms with E-state index in [4.69, 9.17) is 40.1 Å². The van der Waals surface area contributed by atoms with Crippen molar-refractivity contribution in [3.8, 4) is 0 Å². The number of nitrogen functional groups attached to an aromatic ring is 1. The topological polar surface area (TPSA) is 140 Å². The van der Waals surface area contributed by atoms with Crippen LogP contribution in [0.2, 0.25) is 10.0 Å². The van der Waals surface area contributed by atoms with Crippen LogP contribution in [0.3, 0.4) is 0 Å². The van der Waals surface area contributed by atoms with E-state index in [1.54, 1.807) is 0 Å². The zero-order valence-corrected chi connectivity index (χ0v) is 20.7. The summed E-state index contributed by atoms with van der Waals surface area (Å²) in [5.41, 5.74) is 13.0. The Morgan fingerprint density at radius 3 is 2.32 bits per heavy atom. The van der Waals surface area contributed by atoms with Gasteiger partial charge in [0.25, 0.3) is 0 Å². The number of carbonyl (C=O) groups is 1. The van der Waals surface area contributed by atoms with Crippen molar-refractivity contribution in [1.29, 1.82) is 5.41 Å². The lowest BCUT2D eigenvalue weighted by Gasteiger charge is -2.25. The molecule has 0 fully saturated rings. The first-order valence-electron chi connectivity index (χ1n) is 10.1. The van der Waals surface area contributed by atoms with Gasteiger partial charge < -0.3 is 11.5 Å². The standard InChI is InChI=1S/C20H25Cl2F3N6O2S/c1-3-14(26)16(34(2)33)5-4-11(19(32)30-31-7-6-15(29-31)18(27)28)17-12(21)8-10(9-13(17)22)20(23,24)25/h6-9,11,14,16H,3-5,26H2,1-2H3,(H3,27,28)(H,30,32). The lowest BCUT2D eigenvalue weighted by Crippen LogP contribution is -2.38. The number of amidine groups is 1. The Bertz CT molecular complexity index is 1060. The molecule has 2 aromatic rings. The fourth-order valence-corrected chi connectivity index (χ4v) is 5.33. The van der Waals surface area contributed by atoms with E-state index >= 15 is 0 Å². The fraction of sp³-hybridized carbons (Fsp3) is 0.450. The average molecular weight is 541 g/mol. The summed E-state index contributed by atoms with van der Waals surface area (Å²) in [6.45, 7) is 1.84. The molecule has 0 aliphatic carbocycles. The molecule has 1 aromatic heterocycles. The number of rotatable bonds is 10. The number of nitrogens with zero attached hydrogens (tertiary/aromatic N) is 2. The Morgan fingerprint density at radius 1 is 1.29 bits per heavy atom. The Labute approximate surface area is 207 Å². The second-order valence-corrected chi connectivity index (χ2v) is 10.0. The molecule has 1 amide bonds. The van der Waals surface area contributed by atoms with Crippen LogP contribution in [0.5, 0.6) is 0 Å². The van der Waals surface area contributed by atoms with Gasteiger partial charge in [-0.15, -0.1) is 5.10 Å². The van der Waals surface area contributed by atoms with Gasteiger partial charge in [0.2, 0.25) is 5.91 Å². The Kier molecular flexibility index (Phi) is 9.52. The highest BCUT2D eigenvalue weighted by atomic mass is 35.5. The van der Waals surface area contributed by atoms with Gasteiger partial charge in [0, 0.05) is 50.2 Å². The first-order valence-corrected chi connectivity index (χ1v) is 12.5. The quantitative estimate of drug-likeness (QED) is 0.269. The van der Waals surface area contributed by atoms with Crippen molar-refractivity contribution in [2.75, 3.05) is 11.7 Å². The van der Waals surface area contributed by atoms with Gasteiger partial charge in [0.05, 0.1) is 11.5 Å². The van der Waals surface area contributed by atoms with E-state index < -0.39 is 45.7 Å². The van der Waals surface area contributed by atoms with Crippen molar-refractivity contribution in [2.45, 2.75) is 49.6 Å². The molecule has 0 spiro atoms. The van der Waals surface area contributed by atoms with Crippen LogP contribution in [-0.2, 0) is 21.8 Å². The molecule has 1 heterocycles. The molecule has 0 bridgehead atoms. The number of aromatic nitrogens is 2. The summed E-state index contributed by atoms with van der Waals surface area (Å²) >= 11 is 12.4. The second kappa shape index (κ2) is 11.5. The van der Waals surface area contributed by atoms with Crippen LogP contribution in [0.4, 0.5) is 13.2 Å². The van der Waals surface area contributed by atoms with E-state index in [1.807, 2.05) is 6.92 Å². The summed E-state index contributed by atoms with van der Waals surface area (Å²) in [7, 11) is -1.31. The molecular weight excluding hydrogens is 516 g/mol. The van der Waals surface area contributed by atoms with Gasteiger partial charge in [0.1, 0.15) is 11.5 Å². The minimum Gasteiger partial charge on any atom is -0.382 e. The third-order valence-electron chi connectivity index (χ3n) is 5.28. The van der Waals surface area contributed by atoms with Crippen LogP contribution in [0.25, 0.3) is 0 Å². The maximum absolute atomic E-state index is 13.2. The Morgan fingerprint density at radius 2 is 1.88 bits per heavy atom. The van der Waals surface area contributed by atoms with Crippen LogP contribution in [0, 0.1) is 5.41 Å². The van der Waals surface area contributed by atoms with E-state index in [0.717, 1.165) is 4.79 Å². The van der Waals surface area contributed by atoms with Gasteiger partial charge in [-0.25, -0.2) is 5.43 Å². The molecule has 4 unspecified atom stereocenters. The number of hydrogen-bond donors (Lipinski definition) is 4. The van der Waals surface area contributed by atoms with Crippen LogP contribution in [0.1, 0.15) is 48.9 Å². The lowest BCUT2D eigenvalue weighted by atomic mass is 9.90. The van der Waals surface area contributed by atoms with Crippen molar-refractivity contribution in [2.24, 2.45) is 11.5 Å². The second-order valence-electron chi connectivity index (χ2n) is 7.63. The van der Waals surface area contributed by atoms with Crippen LogP contribution in [0.15, 0.2) is 24.4 Å². The van der Waals surface area contributed by atoms with Crippen molar-refractivity contribution in [1.82, 2.24) is 9.89 Å². The average Bonchev–Trinajstić information content (AvgIpc) is 3.19. The third kappa shape index (κ3) is 6.94. The number of carbonyl (C=O) groups excluding carboxylic acids is 1. The molecule has 2 rings (SSSR count). The first-order chi connectivity index (χ1) is 15.8. The number of alkyl halides is 3. The molecule has 0 aliphatic heterocycles. The number of benzene rings is 1. The van der Waals surface area contributed by atoms with Crippen molar-refractivity contribution in [3.63, 3.8) is 0 Å². The van der Waals surface area contributed by atoms with Gasteiger partial charge in [-0.2, -0.15) is 18.0 Å². The molecule has 0 radical (unpaired) electrons. The molecule has 1 aromatic carbocycles. The van der Waals surface area contributed by atoms with E-state index in [2.05, 4.69) is 10.5 Å². The van der Waals surface area contributed by atoms with Crippen LogP contribution < -0.4 is 16.9 Å². The molecule has 188 valence electrons. The van der Waals surface area contributed by atoms with Gasteiger partial charge in [-0.1, -0.05) is 30.1 Å². The van der Waals surface area contributed by atoms with E-state index in [1.165, 1.54) is 18.5 Å². The van der Waals surface area contributed by atoms with Gasteiger partial charge in [-0.05, 0) is 37.5 Å². The van der Waals surface area contributed by atoms with Crippen molar-refractivity contribution in [3.05, 3.63) is 51.3 Å². The molecule has 34 heavy (non-hydrogen) atoms. The summed E-state index contributed by atoms with van der Waals surface area (Å²) < 4.78 is 51.8. The number of nitrogens with two attached hydrogens (primary N) is 2. The molecule has 4 atom stereocenters. The van der Waals surface area contributed by atoms with E-state index in [-0.39, 0.29) is 40.0 Å². The lowest BCUT2D eigenvalue weighted by molar-refractivity contribution is -0.137. The van der Waals surface area contributed by atoms with E-state index in [9.17, 15) is 22.2 Å². The molecule has 8 nitrogen and oxygen atoms in total. The highest BCUT2D eigenvalue weighted by Crippen LogP contribution is 2.40. The molecular formula is C20H25Cl2F3N6O2S. The molecule has 0 saturated carbocycles. The number of nitrogens with one attached hydrogen (secondary N) is 2. The van der Waals surface area contributed by atoms with Crippen LogP contribution >= 0.6 is 23.2 Å². The Hall–Kier alpha value is -2.15. The minimum absolute atomic E-state index is 0.00140. The van der Waals surface area contributed by atoms with E-state index in [0.29, 0.717) is 18.6 Å². The highest BCUT2D eigenvalue weighted by Gasteiger charge is 2.35. The fourth-order valence-electron chi connectivity index (χ4n) is 3.43. The minimum atomic E-state index is -4.68. The third-order valence-corrected chi connectivity index (χ3v) is 7.34. The summed E-state index contributed by atoms with van der Waals surface area (Å²) in [6, 6.07) is 2.40. The largest absolute Gasteiger partial charge is 0.416 e. The van der Waals surface area contributed by atoms with Crippen molar-refractivity contribution >= 4 is 45.7 Å². The number of halogens is 5. The van der Waals surface area contributed by atoms with Gasteiger partial charge >= 0.3 is 6.18 Å². The summed E-state index contributed by atoms with van der Waals surface area (Å²) in [5, 5.41) is 10.2. The number of hydrogen-bond acceptors (Lipinski definition) is 5. The molecule has 14 heteroatoms. The first kappa shape index (κ1) is 28.1. The smallest absolute Gasteiger partial charge is 0.382 e. The normalized spacial score (nSPS) is 15.4. The summed E-state index contributed by atoms with van der Waals surface area (Å²) in [4.78, 5) is 14.2. The maximum Gasteiger partial charge on any atom is 0.416 e. The SMILES string of the molecule is CCC(N)C(CCC(C(=O)Nn1ccc(C(=N)N)n1)c1c(Cl)cc(C(F)(F)F)cc1Cl)S(C)=O. The Balaban J connectivity index is 2.45. The maximum atomic E-state index is 13.2. The zero-order valence-electron chi connectivity index (χ0n) is 18.3.